The van der Waals surface area contributed by atoms with Crippen LogP contribution in [0, 0.1) is 0 Å². The number of hydrogen-bond donors (Lipinski definition) is 1. The third-order valence-corrected chi connectivity index (χ3v) is 4.19. The molecule has 1 aromatic carbocycles. The molecule has 0 saturated heterocycles. The van der Waals surface area contributed by atoms with Gasteiger partial charge in [0.15, 0.2) is 0 Å². The van der Waals surface area contributed by atoms with Gasteiger partial charge in [0.1, 0.15) is 11.5 Å². The van der Waals surface area contributed by atoms with Crippen LogP contribution >= 0.6 is 23.2 Å². The Balaban J connectivity index is 1.85. The summed E-state index contributed by atoms with van der Waals surface area (Å²) in [5, 5.41) is 4.01. The van der Waals surface area contributed by atoms with Gasteiger partial charge in [-0.2, -0.15) is 0 Å². The number of carbonyl (C=O) groups excluding carboxylic acids is 1. The minimum absolute atomic E-state index is 0.0707. The van der Waals surface area contributed by atoms with Crippen LogP contribution in [0.3, 0.4) is 0 Å². The number of hydrogen-bond acceptors (Lipinski definition) is 4. The summed E-state index contributed by atoms with van der Waals surface area (Å²) in [4.78, 5) is 22.5. The fourth-order valence-electron chi connectivity index (χ4n) is 2.51. The highest BCUT2D eigenvalue weighted by atomic mass is 35.5. The summed E-state index contributed by atoms with van der Waals surface area (Å²) in [6.07, 6.45) is 0. The summed E-state index contributed by atoms with van der Waals surface area (Å²) in [5.41, 5.74) is 2.24. The number of carbonyl (C=O) groups is 1. The van der Waals surface area contributed by atoms with Gasteiger partial charge in [0.05, 0.1) is 6.54 Å². The molecule has 7 heteroatoms. The fraction of sp³-hybridized carbons (Fsp3) is 0.312. The standard InChI is InChI=1S/C16H16Cl2N4O/c1-9(2)22-8-12-13(15(22)23)20-16(18)21-14(12)19-7-10-3-5-11(17)6-4-10/h3-6,9H,7-8H2,1-2H3,(H,19,20,21). The normalized spacial score (nSPS) is 13.6. The SMILES string of the molecule is CC(C)N1Cc2c(NCc3ccc(Cl)cc3)nc(Cl)nc2C1=O. The molecule has 2 aromatic rings. The highest BCUT2D eigenvalue weighted by molar-refractivity contribution is 6.30. The van der Waals surface area contributed by atoms with Crippen LogP contribution in [-0.2, 0) is 13.1 Å². The van der Waals surface area contributed by atoms with Gasteiger partial charge < -0.3 is 10.2 Å². The van der Waals surface area contributed by atoms with Crippen LogP contribution in [0.2, 0.25) is 10.3 Å². The lowest BCUT2D eigenvalue weighted by Gasteiger charge is -2.19. The van der Waals surface area contributed by atoms with Crippen LogP contribution in [0.4, 0.5) is 5.82 Å². The molecule has 1 amide bonds. The number of halogens is 2. The number of aromatic nitrogens is 2. The van der Waals surface area contributed by atoms with Crippen molar-refractivity contribution in [3.8, 4) is 0 Å². The van der Waals surface area contributed by atoms with Crippen LogP contribution < -0.4 is 5.32 Å². The molecule has 0 bridgehead atoms. The summed E-state index contributed by atoms with van der Waals surface area (Å²) < 4.78 is 0. The number of benzene rings is 1. The topological polar surface area (TPSA) is 58.1 Å². The molecule has 1 N–H and O–H groups in total. The molecule has 0 spiro atoms. The molecule has 1 aliphatic rings. The van der Waals surface area contributed by atoms with E-state index in [1.165, 1.54) is 0 Å². The van der Waals surface area contributed by atoms with E-state index in [2.05, 4.69) is 15.3 Å². The van der Waals surface area contributed by atoms with Crippen molar-refractivity contribution < 1.29 is 4.79 Å². The molecule has 0 aliphatic carbocycles. The maximum absolute atomic E-state index is 12.4. The first-order valence-corrected chi connectivity index (χ1v) is 8.07. The second kappa shape index (κ2) is 6.34. The largest absolute Gasteiger partial charge is 0.366 e. The number of rotatable bonds is 4. The molecular weight excluding hydrogens is 335 g/mol. The van der Waals surface area contributed by atoms with Crippen LogP contribution in [0.1, 0.15) is 35.5 Å². The lowest BCUT2D eigenvalue weighted by molar-refractivity contribution is 0.0726. The zero-order valence-corrected chi connectivity index (χ0v) is 14.3. The van der Waals surface area contributed by atoms with Crippen molar-refractivity contribution in [2.45, 2.75) is 33.0 Å². The Morgan fingerprint density at radius 3 is 2.57 bits per heavy atom. The average Bonchev–Trinajstić information content (AvgIpc) is 2.84. The van der Waals surface area contributed by atoms with Gasteiger partial charge in [0.2, 0.25) is 5.28 Å². The summed E-state index contributed by atoms with van der Waals surface area (Å²) in [5.74, 6) is 0.500. The van der Waals surface area contributed by atoms with Crippen LogP contribution in [0.25, 0.3) is 0 Å². The smallest absolute Gasteiger partial charge is 0.273 e. The first-order valence-electron chi connectivity index (χ1n) is 7.31. The van der Waals surface area contributed by atoms with Gasteiger partial charge in [-0.1, -0.05) is 23.7 Å². The van der Waals surface area contributed by atoms with Crippen LogP contribution in [0.15, 0.2) is 24.3 Å². The van der Waals surface area contributed by atoms with Gasteiger partial charge in [-0.25, -0.2) is 9.97 Å². The minimum Gasteiger partial charge on any atom is -0.366 e. The summed E-state index contributed by atoms with van der Waals surface area (Å²) in [6.45, 7) is 5.00. The molecule has 5 nitrogen and oxygen atoms in total. The molecule has 0 unspecified atom stereocenters. The lowest BCUT2D eigenvalue weighted by Crippen LogP contribution is -2.31. The molecule has 0 atom stereocenters. The summed E-state index contributed by atoms with van der Waals surface area (Å²) >= 11 is 11.9. The molecule has 23 heavy (non-hydrogen) atoms. The Morgan fingerprint density at radius 1 is 1.22 bits per heavy atom. The van der Waals surface area contributed by atoms with Crippen molar-refractivity contribution in [2.75, 3.05) is 5.32 Å². The van der Waals surface area contributed by atoms with Crippen molar-refractivity contribution in [1.82, 2.24) is 14.9 Å². The molecule has 1 aromatic heterocycles. The van der Waals surface area contributed by atoms with Gasteiger partial charge in [-0.15, -0.1) is 0 Å². The first kappa shape index (κ1) is 16.0. The number of fused-ring (bicyclic) bond motifs is 1. The predicted molar refractivity (Wildman–Crippen MR) is 90.8 cm³/mol. The van der Waals surface area contributed by atoms with E-state index in [1.807, 2.05) is 38.1 Å². The summed E-state index contributed by atoms with van der Waals surface area (Å²) in [6, 6.07) is 7.63. The molecule has 0 saturated carbocycles. The second-order valence-corrected chi connectivity index (χ2v) is 6.45. The first-order chi connectivity index (χ1) is 11.0. The van der Waals surface area contributed by atoms with Crippen LogP contribution in [0.5, 0.6) is 0 Å². The third-order valence-electron chi connectivity index (χ3n) is 3.77. The Kier molecular flexibility index (Phi) is 4.41. The maximum Gasteiger partial charge on any atom is 0.273 e. The van der Waals surface area contributed by atoms with E-state index in [1.54, 1.807) is 4.90 Å². The molecule has 1 aliphatic heterocycles. The quantitative estimate of drug-likeness (QED) is 0.852. The highest BCUT2D eigenvalue weighted by Crippen LogP contribution is 2.29. The Morgan fingerprint density at radius 2 is 1.91 bits per heavy atom. The molecule has 0 fully saturated rings. The second-order valence-electron chi connectivity index (χ2n) is 5.68. The van der Waals surface area contributed by atoms with Gasteiger partial charge in [0.25, 0.3) is 5.91 Å². The minimum atomic E-state index is -0.103. The molecule has 0 radical (unpaired) electrons. The molecule has 3 rings (SSSR count). The van der Waals surface area contributed by atoms with Crippen molar-refractivity contribution in [3.63, 3.8) is 0 Å². The van der Waals surface area contributed by atoms with Crippen LogP contribution in [-0.4, -0.2) is 26.8 Å². The Bertz CT molecular complexity index is 746. The highest BCUT2D eigenvalue weighted by Gasteiger charge is 2.33. The van der Waals surface area contributed by atoms with E-state index in [9.17, 15) is 4.79 Å². The van der Waals surface area contributed by atoms with E-state index in [0.717, 1.165) is 11.1 Å². The van der Waals surface area contributed by atoms with Crippen molar-refractivity contribution >= 4 is 34.9 Å². The van der Waals surface area contributed by atoms with Crippen molar-refractivity contribution in [2.24, 2.45) is 0 Å². The molecular formula is C16H16Cl2N4O. The zero-order chi connectivity index (χ0) is 16.6. The Labute approximate surface area is 144 Å². The Hall–Kier alpha value is -1.85. The van der Waals surface area contributed by atoms with Gasteiger partial charge in [-0.05, 0) is 43.1 Å². The molecule has 120 valence electrons. The number of anilines is 1. The monoisotopic (exact) mass is 350 g/mol. The van der Waals surface area contributed by atoms with Gasteiger partial charge in [0, 0.05) is 23.2 Å². The van der Waals surface area contributed by atoms with E-state index in [-0.39, 0.29) is 17.2 Å². The zero-order valence-electron chi connectivity index (χ0n) is 12.8. The predicted octanol–water partition coefficient (Wildman–Crippen LogP) is 3.76. The third kappa shape index (κ3) is 3.26. The lowest BCUT2D eigenvalue weighted by atomic mass is 10.2. The van der Waals surface area contributed by atoms with E-state index in [0.29, 0.717) is 29.6 Å². The van der Waals surface area contributed by atoms with E-state index in [4.69, 9.17) is 23.2 Å². The average molecular weight is 351 g/mol. The maximum atomic E-state index is 12.4. The van der Waals surface area contributed by atoms with Crippen molar-refractivity contribution in [1.29, 1.82) is 0 Å². The number of nitrogens with one attached hydrogen (secondary N) is 1. The van der Waals surface area contributed by atoms with E-state index < -0.39 is 0 Å². The van der Waals surface area contributed by atoms with Gasteiger partial charge >= 0.3 is 0 Å². The number of amides is 1. The van der Waals surface area contributed by atoms with Crippen molar-refractivity contribution in [3.05, 3.63) is 51.4 Å². The van der Waals surface area contributed by atoms with Gasteiger partial charge in [-0.3, -0.25) is 4.79 Å². The summed E-state index contributed by atoms with van der Waals surface area (Å²) in [7, 11) is 0. The molecule has 2 heterocycles. The fourth-order valence-corrected chi connectivity index (χ4v) is 2.81. The number of nitrogens with zero attached hydrogens (tertiary/aromatic N) is 3. The van der Waals surface area contributed by atoms with E-state index >= 15 is 0 Å².